The molecule has 1 atom stereocenters. The Morgan fingerprint density at radius 1 is 1.33 bits per heavy atom. The van der Waals surface area contributed by atoms with Gasteiger partial charge in [-0.3, -0.25) is 4.98 Å². The maximum atomic E-state index is 6.19. The van der Waals surface area contributed by atoms with Crippen molar-refractivity contribution in [2.75, 3.05) is 7.11 Å². The summed E-state index contributed by atoms with van der Waals surface area (Å²) in [5.41, 5.74) is 8.36. The fourth-order valence-electron chi connectivity index (χ4n) is 1.79. The number of halogens is 1. The Balaban J connectivity index is 2.13. The highest BCUT2D eigenvalue weighted by molar-refractivity contribution is 9.10. The van der Waals surface area contributed by atoms with Crippen molar-refractivity contribution in [3.8, 4) is 5.75 Å². The van der Waals surface area contributed by atoms with Crippen LogP contribution in [0.4, 0.5) is 0 Å². The molecule has 0 saturated heterocycles. The van der Waals surface area contributed by atoms with E-state index in [0.717, 1.165) is 22.2 Å². The lowest BCUT2D eigenvalue weighted by atomic mass is 10.0. The van der Waals surface area contributed by atoms with Crippen LogP contribution in [0.1, 0.15) is 17.2 Å². The molecule has 0 bridgehead atoms. The quantitative estimate of drug-likeness (QED) is 0.944. The summed E-state index contributed by atoms with van der Waals surface area (Å²) in [6, 6.07) is 10.0. The molecule has 2 aromatic rings. The molecular weight excluding hydrogens is 292 g/mol. The molecule has 1 unspecified atom stereocenters. The number of nitrogens with two attached hydrogens (primary N) is 1. The van der Waals surface area contributed by atoms with Crippen LogP contribution in [0.25, 0.3) is 0 Å². The van der Waals surface area contributed by atoms with Crippen molar-refractivity contribution in [1.29, 1.82) is 0 Å². The van der Waals surface area contributed by atoms with E-state index in [9.17, 15) is 0 Å². The van der Waals surface area contributed by atoms with Gasteiger partial charge >= 0.3 is 0 Å². The zero-order chi connectivity index (χ0) is 13.0. The van der Waals surface area contributed by atoms with Gasteiger partial charge in [-0.1, -0.05) is 28.1 Å². The SMILES string of the molecule is COc1cncc(C(N)Cc2cccc(Br)c2)c1. The average Bonchev–Trinajstić information content (AvgIpc) is 2.39. The molecule has 3 nitrogen and oxygen atoms in total. The number of ether oxygens (including phenoxy) is 1. The Bertz CT molecular complexity index is 531. The lowest BCUT2D eigenvalue weighted by molar-refractivity contribution is 0.411. The average molecular weight is 307 g/mol. The first-order chi connectivity index (χ1) is 8.69. The summed E-state index contributed by atoms with van der Waals surface area (Å²) in [5.74, 6) is 0.734. The Morgan fingerprint density at radius 2 is 2.17 bits per heavy atom. The predicted octanol–water partition coefficient (Wildman–Crippen LogP) is 3.10. The summed E-state index contributed by atoms with van der Waals surface area (Å²) in [7, 11) is 1.63. The molecule has 0 fully saturated rings. The van der Waals surface area contributed by atoms with Gasteiger partial charge in [-0.2, -0.15) is 0 Å². The van der Waals surface area contributed by atoms with Gasteiger partial charge in [0.25, 0.3) is 0 Å². The standard InChI is InChI=1S/C14H15BrN2O/c1-18-13-7-11(8-17-9-13)14(16)6-10-3-2-4-12(15)5-10/h2-5,7-9,14H,6,16H2,1H3. The zero-order valence-electron chi connectivity index (χ0n) is 10.1. The number of rotatable bonds is 4. The highest BCUT2D eigenvalue weighted by Gasteiger charge is 2.09. The van der Waals surface area contributed by atoms with Crippen molar-refractivity contribution in [1.82, 2.24) is 4.98 Å². The topological polar surface area (TPSA) is 48.1 Å². The number of hydrogen-bond acceptors (Lipinski definition) is 3. The van der Waals surface area contributed by atoms with Crippen molar-refractivity contribution in [2.45, 2.75) is 12.5 Å². The van der Waals surface area contributed by atoms with Gasteiger partial charge in [-0.25, -0.2) is 0 Å². The van der Waals surface area contributed by atoms with Gasteiger partial charge in [0.05, 0.1) is 13.3 Å². The van der Waals surface area contributed by atoms with E-state index < -0.39 is 0 Å². The van der Waals surface area contributed by atoms with Crippen molar-refractivity contribution in [2.24, 2.45) is 5.73 Å². The fourth-order valence-corrected chi connectivity index (χ4v) is 2.23. The molecule has 2 rings (SSSR count). The van der Waals surface area contributed by atoms with Gasteiger partial charge in [-0.05, 0) is 35.7 Å². The second-order valence-electron chi connectivity index (χ2n) is 4.10. The van der Waals surface area contributed by atoms with E-state index in [1.807, 2.05) is 18.2 Å². The molecular formula is C14H15BrN2O. The van der Waals surface area contributed by atoms with E-state index in [0.29, 0.717) is 0 Å². The third-order valence-corrected chi connectivity index (χ3v) is 3.24. The maximum Gasteiger partial charge on any atom is 0.137 e. The van der Waals surface area contributed by atoms with Crippen molar-refractivity contribution in [3.05, 3.63) is 58.3 Å². The lowest BCUT2D eigenvalue weighted by Crippen LogP contribution is -2.13. The molecule has 4 heteroatoms. The van der Waals surface area contributed by atoms with Gasteiger partial charge in [-0.15, -0.1) is 0 Å². The van der Waals surface area contributed by atoms with Crippen molar-refractivity contribution < 1.29 is 4.74 Å². The van der Waals surface area contributed by atoms with Crippen LogP contribution < -0.4 is 10.5 Å². The molecule has 0 saturated carbocycles. The number of methoxy groups -OCH3 is 1. The van der Waals surface area contributed by atoms with E-state index >= 15 is 0 Å². The summed E-state index contributed by atoms with van der Waals surface area (Å²) in [6.07, 6.45) is 4.23. The molecule has 0 aliphatic heterocycles. The van der Waals surface area contributed by atoms with Crippen LogP contribution in [0.5, 0.6) is 5.75 Å². The highest BCUT2D eigenvalue weighted by atomic mass is 79.9. The monoisotopic (exact) mass is 306 g/mol. The number of benzene rings is 1. The van der Waals surface area contributed by atoms with Crippen LogP contribution in [0, 0.1) is 0 Å². The van der Waals surface area contributed by atoms with Crippen LogP contribution in [0.15, 0.2) is 47.2 Å². The number of pyridine rings is 1. The minimum absolute atomic E-state index is 0.0816. The Morgan fingerprint density at radius 3 is 2.89 bits per heavy atom. The van der Waals surface area contributed by atoms with Crippen LogP contribution in [-0.2, 0) is 6.42 Å². The summed E-state index contributed by atoms with van der Waals surface area (Å²) in [4.78, 5) is 4.12. The molecule has 94 valence electrons. The van der Waals surface area contributed by atoms with Gasteiger partial charge in [0, 0.05) is 16.7 Å². The lowest BCUT2D eigenvalue weighted by Gasteiger charge is -2.12. The molecule has 2 N–H and O–H groups in total. The van der Waals surface area contributed by atoms with E-state index in [2.05, 4.69) is 33.0 Å². The van der Waals surface area contributed by atoms with Crippen molar-refractivity contribution >= 4 is 15.9 Å². The number of hydrogen-bond donors (Lipinski definition) is 1. The minimum atomic E-state index is -0.0816. The smallest absolute Gasteiger partial charge is 0.137 e. The van der Waals surface area contributed by atoms with Gasteiger partial charge < -0.3 is 10.5 Å². The first-order valence-corrected chi connectivity index (χ1v) is 6.47. The predicted molar refractivity (Wildman–Crippen MR) is 75.6 cm³/mol. The summed E-state index contributed by atoms with van der Waals surface area (Å²) >= 11 is 3.46. The maximum absolute atomic E-state index is 6.19. The Kier molecular flexibility index (Phi) is 4.33. The van der Waals surface area contributed by atoms with Gasteiger partial charge in [0.1, 0.15) is 5.75 Å². The third kappa shape index (κ3) is 3.31. The fraction of sp³-hybridized carbons (Fsp3) is 0.214. The largest absolute Gasteiger partial charge is 0.495 e. The van der Waals surface area contributed by atoms with Crippen LogP contribution in [0.3, 0.4) is 0 Å². The molecule has 1 aromatic heterocycles. The van der Waals surface area contributed by atoms with E-state index in [-0.39, 0.29) is 6.04 Å². The van der Waals surface area contributed by atoms with E-state index in [1.165, 1.54) is 5.56 Å². The van der Waals surface area contributed by atoms with Crippen LogP contribution in [-0.4, -0.2) is 12.1 Å². The van der Waals surface area contributed by atoms with Crippen LogP contribution in [0.2, 0.25) is 0 Å². The minimum Gasteiger partial charge on any atom is -0.495 e. The number of aromatic nitrogens is 1. The first kappa shape index (κ1) is 13.1. The first-order valence-electron chi connectivity index (χ1n) is 5.68. The highest BCUT2D eigenvalue weighted by Crippen LogP contribution is 2.21. The Hall–Kier alpha value is -1.39. The summed E-state index contributed by atoms with van der Waals surface area (Å²) < 4.78 is 6.21. The molecule has 0 aliphatic rings. The second kappa shape index (κ2) is 5.98. The molecule has 18 heavy (non-hydrogen) atoms. The molecule has 0 spiro atoms. The molecule has 0 aliphatic carbocycles. The van der Waals surface area contributed by atoms with Gasteiger partial charge in [0.2, 0.25) is 0 Å². The van der Waals surface area contributed by atoms with Crippen LogP contribution >= 0.6 is 15.9 Å². The van der Waals surface area contributed by atoms with E-state index in [1.54, 1.807) is 19.5 Å². The normalized spacial score (nSPS) is 12.2. The summed E-state index contributed by atoms with van der Waals surface area (Å²) in [6.45, 7) is 0. The number of nitrogens with zero attached hydrogens (tertiary/aromatic N) is 1. The second-order valence-corrected chi connectivity index (χ2v) is 5.01. The molecule has 0 amide bonds. The Labute approximate surface area is 115 Å². The molecule has 1 heterocycles. The van der Waals surface area contributed by atoms with Gasteiger partial charge in [0.15, 0.2) is 0 Å². The third-order valence-electron chi connectivity index (χ3n) is 2.74. The van der Waals surface area contributed by atoms with Crippen molar-refractivity contribution in [3.63, 3.8) is 0 Å². The molecule has 1 aromatic carbocycles. The summed E-state index contributed by atoms with van der Waals surface area (Å²) in [5, 5.41) is 0. The van der Waals surface area contributed by atoms with E-state index in [4.69, 9.17) is 10.5 Å². The zero-order valence-corrected chi connectivity index (χ0v) is 11.7. The molecule has 0 radical (unpaired) electrons.